The molecule has 7 aromatic carbocycles. The van der Waals surface area contributed by atoms with E-state index in [0.29, 0.717) is 32.3 Å². The maximum Gasteiger partial charge on any atom is 0.336 e. The molecule has 0 bridgehead atoms. The zero-order valence-electron chi connectivity index (χ0n) is 25.4. The first-order chi connectivity index (χ1) is 23.9. The van der Waals surface area contributed by atoms with Crippen molar-refractivity contribution in [1.82, 2.24) is 0 Å². The smallest absolute Gasteiger partial charge is 0.336 e. The first-order valence-electron chi connectivity index (χ1n) is 14.8. The number of hydrogen-bond donors (Lipinski definition) is 6. The molecular weight excluding hydrogens is 644 g/mol. The highest BCUT2D eigenvalue weighted by molar-refractivity contribution is 6.38. The van der Waals surface area contributed by atoms with Crippen LogP contribution in [0, 0.1) is 0 Å². The molecule has 6 N–H and O–H groups in total. The number of carbonyl (C=O) groups is 4. The van der Waals surface area contributed by atoms with E-state index in [4.69, 9.17) is 0 Å². The van der Waals surface area contributed by atoms with Gasteiger partial charge in [-0.25, -0.2) is 29.2 Å². The van der Waals surface area contributed by atoms with Gasteiger partial charge in [0.2, 0.25) is 11.8 Å². The van der Waals surface area contributed by atoms with Crippen molar-refractivity contribution in [2.24, 2.45) is 9.98 Å². The van der Waals surface area contributed by atoms with E-state index in [0.717, 1.165) is 0 Å². The van der Waals surface area contributed by atoms with Crippen LogP contribution in [-0.4, -0.2) is 66.3 Å². The molecule has 0 atom stereocenters. The Bertz CT molecular complexity index is 2520. The Morgan fingerprint density at radius 3 is 1.06 bits per heavy atom. The minimum atomic E-state index is -1.31. The molecule has 0 spiro atoms. The molecule has 0 saturated carbocycles. The predicted molar refractivity (Wildman–Crippen MR) is 186 cm³/mol. The minimum absolute atomic E-state index is 0.0393. The van der Waals surface area contributed by atoms with Crippen molar-refractivity contribution in [3.8, 4) is 0 Å². The Morgan fingerprint density at radius 1 is 0.380 bits per heavy atom. The topological polar surface area (TPSA) is 214 Å². The van der Waals surface area contributed by atoms with Gasteiger partial charge in [-0.3, -0.25) is 0 Å². The first-order valence-corrected chi connectivity index (χ1v) is 14.8. The third kappa shape index (κ3) is 5.04. The lowest BCUT2D eigenvalue weighted by Gasteiger charge is -2.19. The molecule has 50 heavy (non-hydrogen) atoms. The van der Waals surface area contributed by atoms with Crippen LogP contribution in [0.25, 0.3) is 43.1 Å². The zero-order valence-corrected chi connectivity index (χ0v) is 25.4. The van der Waals surface area contributed by atoms with Crippen LogP contribution in [0.15, 0.2) is 107 Å². The third-order valence-corrected chi connectivity index (χ3v) is 8.50. The van der Waals surface area contributed by atoms with Crippen molar-refractivity contribution >= 4 is 90.1 Å². The molecule has 0 aliphatic heterocycles. The van der Waals surface area contributed by atoms with Crippen LogP contribution in [0.4, 0.5) is 11.4 Å². The molecule has 12 nitrogen and oxygen atoms in total. The van der Waals surface area contributed by atoms with Crippen LogP contribution in [0.2, 0.25) is 0 Å². The normalized spacial score (nSPS) is 12.2. The lowest BCUT2D eigenvalue weighted by molar-refractivity contribution is 0.0683. The van der Waals surface area contributed by atoms with E-state index in [1.165, 1.54) is 72.8 Å². The number of hydrogen-bond acceptors (Lipinski definition) is 6. The standard InChI is InChI=1S/C38H22N2O10/c41-33(39-19-5-1-3-17(15-19)35(43)44)25-11-7-21-23-9-13-27(37(47)48)32-28(38(49)50)14-10-24(30(23)32)22-8-12-26(31(25)29(21)22)34(42)40-20-6-2-4-18(16-20)36(45)46/h1-16H,(H,39,41)(H,40,42)(H,43,44)(H,45,46)(H,47,48)(H,49,50). The first kappa shape index (κ1) is 31.3. The number of carboxylic acids is 4. The van der Waals surface area contributed by atoms with Gasteiger partial charge in [-0.1, -0.05) is 36.4 Å². The molecule has 244 valence electrons. The van der Waals surface area contributed by atoms with Gasteiger partial charge in [-0.15, -0.1) is 0 Å². The number of benzene rings is 7. The molecule has 0 radical (unpaired) electrons. The quantitative estimate of drug-likeness (QED) is 0.0400. The highest BCUT2D eigenvalue weighted by atomic mass is 16.4. The number of aliphatic imine (C=N–C) groups is 2. The number of carboxylic acid groups (broad SMARTS) is 4. The minimum Gasteiger partial charge on any atom is -0.493 e. The summed E-state index contributed by atoms with van der Waals surface area (Å²) in [6.07, 6.45) is 0. The fourth-order valence-corrected chi connectivity index (χ4v) is 6.40. The van der Waals surface area contributed by atoms with E-state index in [9.17, 15) is 49.8 Å². The van der Waals surface area contributed by atoms with Gasteiger partial charge in [0.25, 0.3) is 0 Å². The van der Waals surface area contributed by atoms with Crippen LogP contribution in [-0.2, 0) is 0 Å². The summed E-state index contributed by atoms with van der Waals surface area (Å²) in [5, 5.41) is 65.1. The summed E-state index contributed by atoms with van der Waals surface area (Å²) in [6, 6.07) is 23.4. The summed E-state index contributed by atoms with van der Waals surface area (Å²) in [4.78, 5) is 56.2. The van der Waals surface area contributed by atoms with Crippen LogP contribution < -0.4 is 0 Å². The predicted octanol–water partition coefficient (Wildman–Crippen LogP) is 7.80. The van der Waals surface area contributed by atoms with Crippen molar-refractivity contribution in [2.75, 3.05) is 0 Å². The van der Waals surface area contributed by atoms with E-state index in [2.05, 4.69) is 9.98 Å². The number of fused-ring (bicyclic) bond motifs is 2. The van der Waals surface area contributed by atoms with Gasteiger partial charge < -0.3 is 30.6 Å². The van der Waals surface area contributed by atoms with Gasteiger partial charge in [-0.2, -0.15) is 0 Å². The van der Waals surface area contributed by atoms with E-state index in [1.807, 2.05) is 0 Å². The lowest BCUT2D eigenvalue weighted by Crippen LogP contribution is -2.08. The van der Waals surface area contributed by atoms with Crippen LogP contribution in [0.1, 0.15) is 52.6 Å². The molecule has 0 aromatic heterocycles. The fraction of sp³-hybridized carbons (Fsp3) is 0. The summed E-state index contributed by atoms with van der Waals surface area (Å²) in [6.45, 7) is 0. The summed E-state index contributed by atoms with van der Waals surface area (Å²) in [5.41, 5.74) is -0.0176. The number of aromatic carboxylic acids is 4. The molecule has 0 amide bonds. The van der Waals surface area contributed by atoms with Crippen molar-refractivity contribution < 1.29 is 49.8 Å². The Labute approximate surface area is 280 Å². The molecule has 0 heterocycles. The Hall–Kier alpha value is -7.34. The largest absolute Gasteiger partial charge is 0.493 e. The molecule has 0 saturated heterocycles. The number of aliphatic hydroxyl groups is 2. The fourth-order valence-electron chi connectivity index (χ4n) is 6.40. The second kappa shape index (κ2) is 11.7. The van der Waals surface area contributed by atoms with E-state index in [1.54, 1.807) is 24.3 Å². The Balaban J connectivity index is 1.60. The lowest BCUT2D eigenvalue weighted by atomic mass is 9.84. The van der Waals surface area contributed by atoms with Crippen LogP contribution in [0.3, 0.4) is 0 Å². The SMILES string of the molecule is O=C(O)c1cccc(N=C(O)c2ccc3c4ccc(C(=O)O)c5c(C(=O)O)ccc(c6ccc(C(O)=Nc7cccc(C(=O)O)c7)c2c36)c54)c1. The highest BCUT2D eigenvalue weighted by Crippen LogP contribution is 2.44. The van der Waals surface area contributed by atoms with Crippen molar-refractivity contribution in [2.45, 2.75) is 0 Å². The molecular formula is C38H22N2O10. The summed E-state index contributed by atoms with van der Waals surface area (Å²) in [5.74, 6) is -6.06. The molecule has 0 unspecified atom stereocenters. The van der Waals surface area contributed by atoms with Gasteiger partial charge in [-0.05, 0) is 93.0 Å². The molecule has 0 fully saturated rings. The second-order valence-corrected chi connectivity index (χ2v) is 11.3. The van der Waals surface area contributed by atoms with Gasteiger partial charge >= 0.3 is 23.9 Å². The molecule has 0 aliphatic carbocycles. The second-order valence-electron chi connectivity index (χ2n) is 11.3. The molecule has 7 aromatic rings. The van der Waals surface area contributed by atoms with E-state index < -0.39 is 35.7 Å². The number of rotatable bonds is 8. The van der Waals surface area contributed by atoms with Crippen molar-refractivity contribution in [3.63, 3.8) is 0 Å². The highest BCUT2D eigenvalue weighted by Gasteiger charge is 2.25. The summed E-state index contributed by atoms with van der Waals surface area (Å²) >= 11 is 0. The molecule has 12 heteroatoms. The average molecular weight is 667 g/mol. The Kier molecular flexibility index (Phi) is 7.33. The van der Waals surface area contributed by atoms with Crippen LogP contribution >= 0.6 is 0 Å². The van der Waals surface area contributed by atoms with Crippen LogP contribution in [0.5, 0.6) is 0 Å². The van der Waals surface area contributed by atoms with E-state index in [-0.39, 0.29) is 55.5 Å². The maximum atomic E-state index is 12.3. The third-order valence-electron chi connectivity index (χ3n) is 8.50. The zero-order chi connectivity index (χ0) is 35.4. The summed E-state index contributed by atoms with van der Waals surface area (Å²) in [7, 11) is 0. The van der Waals surface area contributed by atoms with Gasteiger partial charge in [0, 0.05) is 21.9 Å². The van der Waals surface area contributed by atoms with Crippen molar-refractivity contribution in [3.05, 3.63) is 130 Å². The number of aliphatic hydroxyl groups excluding tert-OH is 2. The molecule has 0 aliphatic rings. The maximum absolute atomic E-state index is 12.3. The number of nitrogens with zero attached hydrogens (tertiary/aromatic N) is 2. The molecule has 7 rings (SSSR count). The Morgan fingerprint density at radius 2 is 0.720 bits per heavy atom. The van der Waals surface area contributed by atoms with Gasteiger partial charge in [0.15, 0.2) is 0 Å². The van der Waals surface area contributed by atoms with E-state index >= 15 is 0 Å². The van der Waals surface area contributed by atoms with Gasteiger partial charge in [0.05, 0.1) is 33.6 Å². The van der Waals surface area contributed by atoms with Crippen molar-refractivity contribution in [1.29, 1.82) is 0 Å². The monoisotopic (exact) mass is 666 g/mol. The summed E-state index contributed by atoms with van der Waals surface area (Å²) < 4.78 is 0. The average Bonchev–Trinajstić information content (AvgIpc) is 3.09. The van der Waals surface area contributed by atoms with Gasteiger partial charge in [0.1, 0.15) is 0 Å².